The maximum absolute atomic E-state index is 13.1. The number of fused-ring (bicyclic) bond motifs is 1. The van der Waals surface area contributed by atoms with Crippen LogP contribution < -0.4 is 5.32 Å². The molecule has 0 aliphatic heterocycles. The van der Waals surface area contributed by atoms with E-state index >= 15 is 0 Å². The topological polar surface area (TPSA) is 115 Å². The van der Waals surface area contributed by atoms with Crippen LogP contribution in [0.4, 0.5) is 11.4 Å². The molecule has 0 heterocycles. The maximum Gasteiger partial charge on any atom is 0.277 e. The van der Waals surface area contributed by atoms with Crippen LogP contribution >= 0.6 is 11.1 Å². The minimum atomic E-state index is -1.96. The molecule has 0 spiro atoms. The van der Waals surface area contributed by atoms with Crippen LogP contribution in [-0.4, -0.2) is 23.1 Å². The Balaban J connectivity index is 2.01. The Morgan fingerprint density at radius 1 is 1.00 bits per heavy atom. The molecular weight excluding hydrogens is 450 g/mol. The van der Waals surface area contributed by atoms with E-state index in [1.165, 1.54) is 0 Å². The number of benzene rings is 3. The molecule has 0 aromatic heterocycles. The van der Waals surface area contributed by atoms with Crippen molar-refractivity contribution in [2.75, 3.05) is 0 Å². The number of rotatable bonds is 8. The number of hydrogen-bond acceptors (Lipinski definition) is 5. The highest BCUT2D eigenvalue weighted by atomic mass is 35.6. The van der Waals surface area contributed by atoms with Gasteiger partial charge in [-0.1, -0.05) is 55.6 Å². The number of hydrogen-bond donors (Lipinski definition) is 1. The molecule has 0 unspecified atom stereocenters. The summed E-state index contributed by atoms with van der Waals surface area (Å²) in [6.07, 6.45) is 0.569. The van der Waals surface area contributed by atoms with Crippen LogP contribution in [0.25, 0.3) is 10.8 Å². The number of nitro benzene ring substituents is 2. The summed E-state index contributed by atoms with van der Waals surface area (Å²) in [5.74, 6) is -0.622. The second-order valence-corrected chi connectivity index (χ2v) is 15.1. The Morgan fingerprint density at radius 3 is 2.19 bits per heavy atom. The average Bonchev–Trinajstić information content (AvgIpc) is 2.75. The molecule has 0 aliphatic carbocycles. The number of nitrogens with one attached hydrogen (secondary N) is 1. The number of amides is 1. The number of nitrogens with zero attached hydrogens (tertiary/aromatic N) is 2. The van der Waals surface area contributed by atoms with Crippen molar-refractivity contribution < 1.29 is 14.6 Å². The monoisotopic (exact) mass is 471 g/mol. The molecule has 1 amide bonds. The molecule has 166 valence electrons. The molecule has 32 heavy (non-hydrogen) atoms. The summed E-state index contributed by atoms with van der Waals surface area (Å²) in [6, 6.07) is 16.8. The van der Waals surface area contributed by atoms with E-state index in [1.807, 2.05) is 55.6 Å². The van der Waals surface area contributed by atoms with E-state index in [0.717, 1.165) is 40.6 Å². The van der Waals surface area contributed by atoms with E-state index in [0.29, 0.717) is 6.42 Å². The molecule has 0 saturated carbocycles. The van der Waals surface area contributed by atoms with E-state index in [4.69, 9.17) is 11.1 Å². The van der Waals surface area contributed by atoms with Crippen LogP contribution in [0.15, 0.2) is 60.7 Å². The van der Waals surface area contributed by atoms with Gasteiger partial charge in [-0.25, -0.2) is 0 Å². The van der Waals surface area contributed by atoms with Crippen LogP contribution in [0.5, 0.6) is 0 Å². The summed E-state index contributed by atoms with van der Waals surface area (Å²) in [6.45, 7) is 4.03. The molecule has 0 saturated heterocycles. The van der Waals surface area contributed by atoms with Crippen LogP contribution in [0.2, 0.25) is 19.1 Å². The van der Waals surface area contributed by atoms with Crippen molar-refractivity contribution >= 4 is 46.5 Å². The first-order chi connectivity index (χ1) is 15.0. The predicted octanol–water partition coefficient (Wildman–Crippen LogP) is 5.96. The Bertz CT molecular complexity index is 1160. The molecule has 1 atom stereocenters. The third-order valence-corrected chi connectivity index (χ3v) is 7.16. The summed E-state index contributed by atoms with van der Waals surface area (Å²) >= 11 is 6.52. The molecule has 3 rings (SSSR count). The van der Waals surface area contributed by atoms with Gasteiger partial charge in [-0.05, 0) is 28.8 Å². The van der Waals surface area contributed by atoms with Gasteiger partial charge in [0.2, 0.25) is 0 Å². The van der Waals surface area contributed by atoms with Crippen molar-refractivity contribution in [2.24, 2.45) is 0 Å². The average molecular weight is 472 g/mol. The lowest BCUT2D eigenvalue weighted by Gasteiger charge is -2.23. The number of carbonyl (C=O) groups excluding carboxylic acids is 1. The van der Waals surface area contributed by atoms with Gasteiger partial charge in [0, 0.05) is 12.1 Å². The zero-order valence-electron chi connectivity index (χ0n) is 17.6. The van der Waals surface area contributed by atoms with Crippen LogP contribution in [0, 0.1) is 20.2 Å². The Labute approximate surface area is 190 Å². The van der Waals surface area contributed by atoms with Gasteiger partial charge >= 0.3 is 0 Å². The van der Waals surface area contributed by atoms with Crippen molar-refractivity contribution in [3.05, 3.63) is 92.0 Å². The number of carbonyl (C=O) groups is 1. The molecule has 8 nitrogen and oxygen atoms in total. The lowest BCUT2D eigenvalue weighted by atomic mass is 9.96. The third-order valence-electron chi connectivity index (χ3n) is 5.12. The fourth-order valence-corrected chi connectivity index (χ4v) is 4.83. The fourth-order valence-electron chi connectivity index (χ4n) is 3.53. The lowest BCUT2D eigenvalue weighted by Crippen LogP contribution is -2.30. The fraction of sp³-hybridized carbons (Fsp3) is 0.227. The van der Waals surface area contributed by atoms with E-state index in [-0.39, 0.29) is 5.56 Å². The highest BCUT2D eigenvalue weighted by Gasteiger charge is 2.25. The quantitative estimate of drug-likeness (QED) is 0.188. The first kappa shape index (κ1) is 23.4. The van der Waals surface area contributed by atoms with Gasteiger partial charge in [-0.15, -0.1) is 0 Å². The van der Waals surface area contributed by atoms with Crippen molar-refractivity contribution in [1.82, 2.24) is 5.32 Å². The molecule has 3 aromatic rings. The van der Waals surface area contributed by atoms with Gasteiger partial charge in [-0.2, -0.15) is 11.1 Å². The zero-order valence-corrected chi connectivity index (χ0v) is 19.3. The summed E-state index contributed by atoms with van der Waals surface area (Å²) < 4.78 is 0. The van der Waals surface area contributed by atoms with Crippen LogP contribution in [0.1, 0.15) is 28.4 Å². The maximum atomic E-state index is 13.1. The molecule has 1 N–H and O–H groups in total. The summed E-state index contributed by atoms with van der Waals surface area (Å²) in [5, 5.41) is 27.3. The predicted molar refractivity (Wildman–Crippen MR) is 127 cm³/mol. The molecular formula is C22H22ClN3O5Si. The molecule has 3 aromatic carbocycles. The van der Waals surface area contributed by atoms with Crippen molar-refractivity contribution in [3.8, 4) is 0 Å². The van der Waals surface area contributed by atoms with Gasteiger partial charge in [0.15, 0.2) is 7.38 Å². The van der Waals surface area contributed by atoms with Gasteiger partial charge < -0.3 is 5.32 Å². The van der Waals surface area contributed by atoms with E-state index < -0.39 is 40.6 Å². The van der Waals surface area contributed by atoms with Crippen LogP contribution in [0.3, 0.4) is 0 Å². The van der Waals surface area contributed by atoms with Crippen molar-refractivity contribution in [1.29, 1.82) is 0 Å². The minimum absolute atomic E-state index is 0.140. The molecule has 0 aliphatic rings. The molecule has 0 fully saturated rings. The lowest BCUT2D eigenvalue weighted by molar-refractivity contribution is -0.394. The van der Waals surface area contributed by atoms with Crippen molar-refractivity contribution in [2.45, 2.75) is 31.6 Å². The van der Waals surface area contributed by atoms with E-state index in [2.05, 4.69) is 5.32 Å². The molecule has 0 radical (unpaired) electrons. The molecule has 10 heteroatoms. The smallest absolute Gasteiger partial charge is 0.277 e. The number of nitro groups is 2. The Morgan fingerprint density at radius 2 is 1.59 bits per heavy atom. The third kappa shape index (κ3) is 5.68. The van der Waals surface area contributed by atoms with Crippen molar-refractivity contribution in [3.63, 3.8) is 0 Å². The van der Waals surface area contributed by atoms with Gasteiger partial charge in [-0.3, -0.25) is 25.0 Å². The van der Waals surface area contributed by atoms with Gasteiger partial charge in [0.05, 0.1) is 27.5 Å². The standard InChI is InChI=1S/C22H22ClN3O5Si/c1-32(2,23)11-10-21(20-9-5-7-15-6-3-4-8-19(15)20)24-22(27)16-12-17(25(28)29)14-18(13-16)26(30)31/h3-9,12-14,21H,10-11H2,1-2H3,(H,24,27)/t21-/m0/s1. The normalized spacial score (nSPS) is 12.3. The second-order valence-electron chi connectivity index (χ2n) is 8.10. The van der Waals surface area contributed by atoms with E-state index in [1.54, 1.807) is 0 Å². The summed E-state index contributed by atoms with van der Waals surface area (Å²) in [4.78, 5) is 33.9. The Kier molecular flexibility index (Phi) is 6.90. The summed E-state index contributed by atoms with van der Waals surface area (Å²) in [7, 11) is -1.96. The first-order valence-corrected chi connectivity index (χ1v) is 14.2. The van der Waals surface area contributed by atoms with Gasteiger partial charge in [0.25, 0.3) is 17.3 Å². The van der Waals surface area contributed by atoms with E-state index in [9.17, 15) is 25.0 Å². The number of halogens is 1. The van der Waals surface area contributed by atoms with Crippen LogP contribution in [-0.2, 0) is 0 Å². The zero-order chi connectivity index (χ0) is 23.5. The first-order valence-electron chi connectivity index (χ1n) is 9.96. The Hall–Kier alpha value is -3.30. The second kappa shape index (κ2) is 9.45. The number of non-ortho nitro benzene ring substituents is 2. The minimum Gasteiger partial charge on any atom is -0.345 e. The summed E-state index contributed by atoms with van der Waals surface area (Å²) in [5.41, 5.74) is -0.273. The van der Waals surface area contributed by atoms with Gasteiger partial charge in [0.1, 0.15) is 0 Å². The molecule has 0 bridgehead atoms. The highest BCUT2D eigenvalue weighted by Crippen LogP contribution is 2.31. The SMILES string of the molecule is C[Si](C)(Cl)CC[C@H](NC(=O)c1cc([N+](=O)[O-])cc([N+](=O)[O-])c1)c1cccc2ccccc12. The largest absolute Gasteiger partial charge is 0.345 e. The highest BCUT2D eigenvalue weighted by molar-refractivity contribution is 7.19.